The molecule has 140 valence electrons. The van der Waals surface area contributed by atoms with Gasteiger partial charge in [-0.15, -0.1) is 0 Å². The Morgan fingerprint density at radius 1 is 0.966 bits per heavy atom. The van der Waals surface area contributed by atoms with Gasteiger partial charge in [0.2, 0.25) is 0 Å². The van der Waals surface area contributed by atoms with Gasteiger partial charge in [0, 0.05) is 23.2 Å². The largest absolute Gasteiger partial charge is 0.508 e. The molecule has 0 bridgehead atoms. The van der Waals surface area contributed by atoms with Crippen molar-refractivity contribution in [2.24, 2.45) is 0 Å². The van der Waals surface area contributed by atoms with Crippen LogP contribution in [0.2, 0.25) is 0 Å². The number of nitro groups is 1. The molecule has 0 radical (unpaired) electrons. The molecule has 0 amide bonds. The predicted octanol–water partition coefficient (Wildman–Crippen LogP) is 4.14. The molecule has 0 aliphatic carbocycles. The molecule has 4 aromatic rings. The van der Waals surface area contributed by atoms with Crippen LogP contribution in [0, 0.1) is 21.4 Å². The minimum absolute atomic E-state index is 0.0269. The standard InChI is InChI=1S/C22H13N3O4/c23-13-17-10-16-5-4-15(14-2-1-3-20(26)11-14)12-21(16)24(22(17)27)18-6-8-19(9-7-18)25(28)29/h1-12,26H. The first-order chi connectivity index (χ1) is 14.0. The quantitative estimate of drug-likeness (QED) is 0.422. The maximum atomic E-state index is 12.9. The third-order valence-electron chi connectivity index (χ3n) is 4.62. The van der Waals surface area contributed by atoms with Gasteiger partial charge < -0.3 is 5.11 Å². The zero-order valence-corrected chi connectivity index (χ0v) is 14.9. The lowest BCUT2D eigenvalue weighted by Crippen LogP contribution is -2.21. The summed E-state index contributed by atoms with van der Waals surface area (Å²) in [5, 5.41) is 30.7. The fourth-order valence-electron chi connectivity index (χ4n) is 3.23. The highest BCUT2D eigenvalue weighted by molar-refractivity contribution is 5.87. The van der Waals surface area contributed by atoms with Gasteiger partial charge in [0.25, 0.3) is 11.2 Å². The Balaban J connectivity index is 2.01. The van der Waals surface area contributed by atoms with Crippen molar-refractivity contribution in [2.45, 2.75) is 0 Å². The van der Waals surface area contributed by atoms with Crippen LogP contribution in [-0.4, -0.2) is 14.6 Å². The maximum absolute atomic E-state index is 12.9. The number of hydrogen-bond acceptors (Lipinski definition) is 5. The molecule has 1 aromatic heterocycles. The highest BCUT2D eigenvalue weighted by atomic mass is 16.6. The topological polar surface area (TPSA) is 109 Å². The van der Waals surface area contributed by atoms with E-state index in [4.69, 9.17) is 0 Å². The van der Waals surface area contributed by atoms with Gasteiger partial charge in [-0.05, 0) is 47.5 Å². The number of phenolic OH excluding ortho intramolecular Hbond substituents is 1. The van der Waals surface area contributed by atoms with Crippen LogP contribution in [0.1, 0.15) is 5.56 Å². The first-order valence-electron chi connectivity index (χ1n) is 8.62. The summed E-state index contributed by atoms with van der Waals surface area (Å²) in [5.74, 6) is 0.121. The Morgan fingerprint density at radius 2 is 1.69 bits per heavy atom. The summed E-state index contributed by atoms with van der Waals surface area (Å²) < 4.78 is 1.36. The van der Waals surface area contributed by atoms with Gasteiger partial charge in [0.05, 0.1) is 10.4 Å². The molecule has 29 heavy (non-hydrogen) atoms. The summed E-state index contributed by atoms with van der Waals surface area (Å²) in [6.07, 6.45) is 0. The number of nitrogens with zero attached hydrogens (tertiary/aromatic N) is 3. The van der Waals surface area contributed by atoms with Gasteiger partial charge in [0.15, 0.2) is 0 Å². The van der Waals surface area contributed by atoms with Crippen LogP contribution in [0.3, 0.4) is 0 Å². The van der Waals surface area contributed by atoms with Gasteiger partial charge in [-0.2, -0.15) is 5.26 Å². The Hall–Kier alpha value is -4.44. The SMILES string of the molecule is N#Cc1cc2ccc(-c3cccc(O)c3)cc2n(-c2ccc([N+](=O)[O-])cc2)c1=O. The van der Waals surface area contributed by atoms with Crippen molar-refractivity contribution < 1.29 is 10.0 Å². The van der Waals surface area contributed by atoms with E-state index in [-0.39, 0.29) is 17.0 Å². The van der Waals surface area contributed by atoms with Gasteiger partial charge in [-0.1, -0.05) is 24.3 Å². The third-order valence-corrected chi connectivity index (χ3v) is 4.62. The molecule has 3 aromatic carbocycles. The van der Waals surface area contributed by atoms with E-state index in [1.165, 1.54) is 34.9 Å². The number of rotatable bonds is 3. The Labute approximate surface area is 164 Å². The number of hydrogen-bond donors (Lipinski definition) is 1. The highest BCUT2D eigenvalue weighted by Crippen LogP contribution is 2.28. The molecule has 0 aliphatic heterocycles. The number of nitro benzene ring substituents is 1. The van der Waals surface area contributed by atoms with Crippen molar-refractivity contribution >= 4 is 16.6 Å². The summed E-state index contributed by atoms with van der Waals surface area (Å²) in [5.41, 5.74) is 1.86. The monoisotopic (exact) mass is 383 g/mol. The van der Waals surface area contributed by atoms with E-state index in [1.807, 2.05) is 18.2 Å². The van der Waals surface area contributed by atoms with E-state index in [1.54, 1.807) is 30.3 Å². The zero-order chi connectivity index (χ0) is 20.5. The lowest BCUT2D eigenvalue weighted by atomic mass is 10.0. The maximum Gasteiger partial charge on any atom is 0.273 e. The van der Waals surface area contributed by atoms with Crippen molar-refractivity contribution in [1.29, 1.82) is 5.26 Å². The second-order valence-corrected chi connectivity index (χ2v) is 6.41. The van der Waals surface area contributed by atoms with E-state index >= 15 is 0 Å². The Bertz CT molecular complexity index is 1370. The van der Waals surface area contributed by atoms with Crippen LogP contribution in [0.15, 0.2) is 77.6 Å². The molecule has 4 rings (SSSR count). The van der Waals surface area contributed by atoms with Crippen LogP contribution in [0.4, 0.5) is 5.69 Å². The lowest BCUT2D eigenvalue weighted by Gasteiger charge is -2.13. The van der Waals surface area contributed by atoms with Crippen molar-refractivity contribution in [3.05, 3.63) is 98.8 Å². The molecule has 7 heteroatoms. The van der Waals surface area contributed by atoms with Crippen LogP contribution >= 0.6 is 0 Å². The molecule has 0 fully saturated rings. The van der Waals surface area contributed by atoms with Crippen LogP contribution in [0.25, 0.3) is 27.7 Å². The number of fused-ring (bicyclic) bond motifs is 1. The molecular weight excluding hydrogens is 370 g/mol. The number of nitriles is 1. The summed E-state index contributed by atoms with van der Waals surface area (Å²) in [6, 6.07) is 21.1. The van der Waals surface area contributed by atoms with Crippen LogP contribution < -0.4 is 5.56 Å². The summed E-state index contributed by atoms with van der Waals surface area (Å²) in [4.78, 5) is 23.3. The molecule has 1 heterocycles. The van der Waals surface area contributed by atoms with Crippen LogP contribution in [-0.2, 0) is 0 Å². The van der Waals surface area contributed by atoms with Crippen LogP contribution in [0.5, 0.6) is 5.75 Å². The van der Waals surface area contributed by atoms with Crippen molar-refractivity contribution in [3.63, 3.8) is 0 Å². The molecule has 0 atom stereocenters. The first kappa shape index (κ1) is 17.9. The Kier molecular flexibility index (Phi) is 4.30. The molecular formula is C22H13N3O4. The molecule has 0 saturated heterocycles. The van der Waals surface area contributed by atoms with E-state index in [0.29, 0.717) is 16.6 Å². The molecule has 0 aliphatic rings. The number of non-ortho nitro benzene ring substituents is 1. The Morgan fingerprint density at radius 3 is 2.34 bits per heavy atom. The molecule has 7 nitrogen and oxygen atoms in total. The fraction of sp³-hybridized carbons (Fsp3) is 0. The fourth-order valence-corrected chi connectivity index (χ4v) is 3.23. The normalized spacial score (nSPS) is 10.6. The van der Waals surface area contributed by atoms with Gasteiger partial charge in [-0.25, -0.2) is 0 Å². The number of aromatic nitrogens is 1. The van der Waals surface area contributed by atoms with Crippen molar-refractivity contribution in [1.82, 2.24) is 4.57 Å². The van der Waals surface area contributed by atoms with Crippen molar-refractivity contribution in [3.8, 4) is 28.6 Å². The number of pyridine rings is 1. The predicted molar refractivity (Wildman–Crippen MR) is 108 cm³/mol. The molecule has 0 saturated carbocycles. The summed E-state index contributed by atoms with van der Waals surface area (Å²) in [7, 11) is 0. The average molecular weight is 383 g/mol. The van der Waals surface area contributed by atoms with E-state index in [0.717, 1.165) is 11.1 Å². The van der Waals surface area contributed by atoms with E-state index in [2.05, 4.69) is 0 Å². The number of aromatic hydroxyl groups is 1. The second kappa shape index (κ2) is 6.94. The zero-order valence-electron chi connectivity index (χ0n) is 14.9. The average Bonchev–Trinajstić information content (AvgIpc) is 2.73. The lowest BCUT2D eigenvalue weighted by molar-refractivity contribution is -0.384. The van der Waals surface area contributed by atoms with Gasteiger partial charge in [-0.3, -0.25) is 19.5 Å². The first-order valence-corrected chi connectivity index (χ1v) is 8.62. The molecule has 1 N–H and O–H groups in total. The molecule has 0 unspecified atom stereocenters. The highest BCUT2D eigenvalue weighted by Gasteiger charge is 2.13. The smallest absolute Gasteiger partial charge is 0.273 e. The minimum Gasteiger partial charge on any atom is -0.508 e. The van der Waals surface area contributed by atoms with E-state index in [9.17, 15) is 25.3 Å². The van der Waals surface area contributed by atoms with Crippen molar-refractivity contribution in [2.75, 3.05) is 0 Å². The third kappa shape index (κ3) is 3.19. The summed E-state index contributed by atoms with van der Waals surface area (Å²) in [6.45, 7) is 0. The second-order valence-electron chi connectivity index (χ2n) is 6.41. The number of phenols is 1. The molecule has 0 spiro atoms. The number of benzene rings is 3. The van der Waals surface area contributed by atoms with Gasteiger partial charge >= 0.3 is 0 Å². The summed E-state index contributed by atoms with van der Waals surface area (Å²) >= 11 is 0. The van der Waals surface area contributed by atoms with E-state index < -0.39 is 10.5 Å². The van der Waals surface area contributed by atoms with Gasteiger partial charge in [0.1, 0.15) is 17.4 Å². The minimum atomic E-state index is -0.518.